The van der Waals surface area contributed by atoms with Gasteiger partial charge in [-0.1, -0.05) is 13.8 Å². The Labute approximate surface area is 209 Å². The summed E-state index contributed by atoms with van der Waals surface area (Å²) in [6.07, 6.45) is 2.97. The molecule has 36 heavy (non-hydrogen) atoms. The van der Waals surface area contributed by atoms with Crippen molar-refractivity contribution in [3.05, 3.63) is 65.4 Å². The minimum atomic E-state index is -4.23. The number of benzene rings is 2. The molecule has 0 spiro atoms. The normalized spacial score (nSPS) is 13.0. The van der Waals surface area contributed by atoms with Gasteiger partial charge in [0.05, 0.1) is 23.5 Å². The topological polar surface area (TPSA) is 109 Å². The molecule has 1 aliphatic heterocycles. The summed E-state index contributed by atoms with van der Waals surface area (Å²) in [6.45, 7) is 6.75. The molecule has 3 aromatic rings. The van der Waals surface area contributed by atoms with E-state index < -0.39 is 21.8 Å². The predicted molar refractivity (Wildman–Crippen MR) is 134 cm³/mol. The average molecular weight is 517 g/mol. The molecule has 10 heteroatoms. The smallest absolute Gasteiger partial charge is 0.341 e. The predicted octanol–water partition coefficient (Wildman–Crippen LogP) is 4.79. The molecule has 2 heterocycles. The fraction of sp³-hybridized carbons (Fsp3) is 0.346. The summed E-state index contributed by atoms with van der Waals surface area (Å²) in [4.78, 5) is 14.4. The lowest BCUT2D eigenvalue weighted by Gasteiger charge is -2.19. The van der Waals surface area contributed by atoms with E-state index in [1.807, 2.05) is 13.8 Å². The molecule has 0 aliphatic carbocycles. The Balaban J connectivity index is 1.69. The van der Waals surface area contributed by atoms with E-state index in [4.69, 9.17) is 9.15 Å². The summed E-state index contributed by atoms with van der Waals surface area (Å²) < 4.78 is 54.5. The van der Waals surface area contributed by atoms with Crippen LogP contribution in [0.2, 0.25) is 0 Å². The van der Waals surface area contributed by atoms with Crippen molar-refractivity contribution >= 4 is 21.7 Å². The number of fused-ring (bicyclic) bond motifs is 3. The molecule has 4 rings (SSSR count). The summed E-state index contributed by atoms with van der Waals surface area (Å²) in [7, 11) is -4.23. The van der Waals surface area contributed by atoms with Crippen LogP contribution in [0, 0.1) is 5.82 Å². The van der Waals surface area contributed by atoms with Crippen LogP contribution in [0.4, 0.5) is 10.1 Å². The Morgan fingerprint density at radius 3 is 2.64 bits per heavy atom. The van der Waals surface area contributed by atoms with Crippen LogP contribution >= 0.6 is 0 Å². The first-order valence-corrected chi connectivity index (χ1v) is 13.4. The molecule has 8 nitrogen and oxygen atoms in total. The zero-order chi connectivity index (χ0) is 25.9. The Morgan fingerprint density at radius 2 is 1.92 bits per heavy atom. The summed E-state index contributed by atoms with van der Waals surface area (Å²) in [5.74, 6) is -1.14. The molecular weight excluding hydrogens is 487 g/mol. The van der Waals surface area contributed by atoms with Gasteiger partial charge in [0.25, 0.3) is 10.0 Å². The van der Waals surface area contributed by atoms with Crippen molar-refractivity contribution in [2.45, 2.75) is 38.0 Å². The van der Waals surface area contributed by atoms with Crippen molar-refractivity contribution in [3.8, 4) is 16.9 Å². The lowest BCUT2D eigenvalue weighted by molar-refractivity contribution is 0.0693. The minimum Gasteiger partial charge on any atom is -0.491 e. The number of halogens is 1. The molecule has 0 bridgehead atoms. The highest BCUT2D eigenvalue weighted by Crippen LogP contribution is 2.42. The van der Waals surface area contributed by atoms with Gasteiger partial charge in [0.1, 0.15) is 22.9 Å². The highest BCUT2D eigenvalue weighted by molar-refractivity contribution is 7.92. The van der Waals surface area contributed by atoms with Gasteiger partial charge < -0.3 is 19.2 Å². The number of furan rings is 1. The standard InChI is InChI=1S/C26H29FN2O6S/c1-3-29(4-2)13-5-6-17-16-18(27)7-10-23(17)36(32,33)28-21-9-8-20-19-11-14-34-22(19)12-15-35-25(20)24(21)26(30)31/h7-11,14,16,28H,3-6,12-13,15H2,1-2H3,(H,30,31). The van der Waals surface area contributed by atoms with Crippen LogP contribution in [0.1, 0.15) is 41.9 Å². The van der Waals surface area contributed by atoms with Crippen LogP contribution in [0.3, 0.4) is 0 Å². The number of carboxylic acids is 1. The first kappa shape index (κ1) is 25.7. The number of anilines is 1. The van der Waals surface area contributed by atoms with Crippen LogP contribution in [-0.4, -0.2) is 50.6 Å². The van der Waals surface area contributed by atoms with Gasteiger partial charge in [-0.3, -0.25) is 4.72 Å². The van der Waals surface area contributed by atoms with E-state index in [1.54, 1.807) is 12.1 Å². The molecular formula is C26H29FN2O6S. The van der Waals surface area contributed by atoms with E-state index >= 15 is 0 Å². The van der Waals surface area contributed by atoms with Crippen LogP contribution < -0.4 is 9.46 Å². The number of nitrogens with one attached hydrogen (secondary N) is 1. The molecule has 0 fully saturated rings. The summed E-state index contributed by atoms with van der Waals surface area (Å²) >= 11 is 0. The average Bonchev–Trinajstić information content (AvgIpc) is 3.22. The maximum atomic E-state index is 14.0. The minimum absolute atomic E-state index is 0.0707. The van der Waals surface area contributed by atoms with Gasteiger partial charge in [-0.2, -0.15) is 0 Å². The fourth-order valence-electron chi connectivity index (χ4n) is 4.50. The van der Waals surface area contributed by atoms with E-state index in [0.29, 0.717) is 41.7 Å². The lowest BCUT2D eigenvalue weighted by atomic mass is 10.0. The van der Waals surface area contributed by atoms with Crippen LogP contribution in [0.25, 0.3) is 11.1 Å². The Hall–Kier alpha value is -3.37. The molecule has 0 amide bonds. The SMILES string of the molecule is CCN(CC)CCCc1cc(F)ccc1S(=O)(=O)Nc1ccc2c(c1C(=O)O)OCCc1occc1-2. The third kappa shape index (κ3) is 5.24. The number of aryl methyl sites for hydroxylation is 1. The first-order chi connectivity index (χ1) is 17.2. The second-order valence-corrected chi connectivity index (χ2v) is 10.2. The largest absolute Gasteiger partial charge is 0.491 e. The molecule has 0 saturated heterocycles. The van der Waals surface area contributed by atoms with Gasteiger partial charge in [0, 0.05) is 17.5 Å². The number of sulfonamides is 1. The highest BCUT2D eigenvalue weighted by Gasteiger charge is 2.29. The van der Waals surface area contributed by atoms with E-state index in [-0.39, 0.29) is 28.5 Å². The molecule has 2 N–H and O–H groups in total. The van der Waals surface area contributed by atoms with Gasteiger partial charge in [-0.15, -0.1) is 0 Å². The fourth-order valence-corrected chi connectivity index (χ4v) is 5.82. The lowest BCUT2D eigenvalue weighted by Crippen LogP contribution is -2.24. The zero-order valence-corrected chi connectivity index (χ0v) is 21.0. The van der Waals surface area contributed by atoms with E-state index in [2.05, 4.69) is 9.62 Å². The maximum absolute atomic E-state index is 14.0. The number of nitrogens with zero attached hydrogens (tertiary/aromatic N) is 1. The number of aromatic carboxylic acids is 1. The van der Waals surface area contributed by atoms with E-state index in [9.17, 15) is 22.7 Å². The van der Waals surface area contributed by atoms with Gasteiger partial charge in [-0.25, -0.2) is 17.6 Å². The maximum Gasteiger partial charge on any atom is 0.341 e. The molecule has 192 valence electrons. The highest BCUT2D eigenvalue weighted by atomic mass is 32.2. The first-order valence-electron chi connectivity index (χ1n) is 11.9. The number of carboxylic acid groups (broad SMARTS) is 1. The Morgan fingerprint density at radius 1 is 1.14 bits per heavy atom. The van der Waals surface area contributed by atoms with Crippen LogP contribution in [0.5, 0.6) is 5.75 Å². The number of hydrogen-bond acceptors (Lipinski definition) is 6. The summed E-state index contributed by atoms with van der Waals surface area (Å²) in [5, 5.41) is 9.99. The van der Waals surface area contributed by atoms with Gasteiger partial charge in [0.2, 0.25) is 0 Å². The molecule has 0 saturated carbocycles. The van der Waals surface area contributed by atoms with Gasteiger partial charge >= 0.3 is 5.97 Å². The molecule has 0 atom stereocenters. The van der Waals surface area contributed by atoms with Crippen molar-refractivity contribution in [1.82, 2.24) is 4.90 Å². The van der Waals surface area contributed by atoms with Gasteiger partial charge in [-0.05, 0) is 74.4 Å². The quantitative estimate of drug-likeness (QED) is 0.399. The van der Waals surface area contributed by atoms with Crippen LogP contribution in [-0.2, 0) is 22.9 Å². The molecule has 1 aliphatic rings. The van der Waals surface area contributed by atoms with Gasteiger partial charge in [0.15, 0.2) is 0 Å². The third-order valence-corrected chi connectivity index (χ3v) is 7.82. The van der Waals surface area contributed by atoms with Crippen molar-refractivity contribution < 1.29 is 31.9 Å². The van der Waals surface area contributed by atoms with Crippen LogP contribution in [0.15, 0.2) is 52.0 Å². The third-order valence-electron chi connectivity index (χ3n) is 6.35. The number of hydrogen-bond donors (Lipinski definition) is 2. The molecule has 2 aromatic carbocycles. The summed E-state index contributed by atoms with van der Waals surface area (Å²) in [6, 6.07) is 8.24. The van der Waals surface area contributed by atoms with Crippen molar-refractivity contribution in [3.63, 3.8) is 0 Å². The van der Waals surface area contributed by atoms with Crippen molar-refractivity contribution in [2.24, 2.45) is 0 Å². The second-order valence-electron chi connectivity index (χ2n) is 8.51. The van der Waals surface area contributed by atoms with Crippen molar-refractivity contribution in [1.29, 1.82) is 0 Å². The molecule has 0 radical (unpaired) electrons. The molecule has 1 aromatic heterocycles. The summed E-state index contributed by atoms with van der Waals surface area (Å²) in [5.41, 5.74) is 1.12. The second kappa shape index (κ2) is 10.7. The number of carbonyl (C=O) groups is 1. The van der Waals surface area contributed by atoms with E-state index in [0.717, 1.165) is 25.7 Å². The Kier molecular flexibility index (Phi) is 7.65. The molecule has 0 unspecified atom stereocenters. The number of ether oxygens (including phenoxy) is 1. The van der Waals surface area contributed by atoms with E-state index in [1.165, 1.54) is 24.5 Å². The zero-order valence-electron chi connectivity index (χ0n) is 20.2. The monoisotopic (exact) mass is 516 g/mol. The Bertz CT molecular complexity index is 1360. The number of rotatable bonds is 10. The van der Waals surface area contributed by atoms with Crippen molar-refractivity contribution in [2.75, 3.05) is 31.0 Å².